The van der Waals surface area contributed by atoms with Gasteiger partial charge in [-0.3, -0.25) is 0 Å². The second-order valence-electron chi connectivity index (χ2n) is 3.98. The van der Waals surface area contributed by atoms with Crippen molar-refractivity contribution in [1.82, 2.24) is 9.36 Å². The Morgan fingerprint density at radius 3 is 2.84 bits per heavy atom. The smallest absolute Gasteiger partial charge is 0.174 e. The molecule has 0 saturated heterocycles. The molecular weight excluding hydrogens is 280 g/mol. The highest BCUT2D eigenvalue weighted by atomic mass is 32.2. The topological polar surface area (TPSA) is 55.2 Å². The Kier molecular flexibility index (Phi) is 4.79. The lowest BCUT2D eigenvalue weighted by molar-refractivity contribution is 0.191. The molecule has 0 saturated carbocycles. The minimum absolute atomic E-state index is 0.586. The number of benzene rings is 1. The number of aliphatic hydroxyl groups excluding tert-OH is 1. The van der Waals surface area contributed by atoms with Crippen molar-refractivity contribution >= 4 is 23.3 Å². The van der Waals surface area contributed by atoms with Crippen LogP contribution in [-0.2, 0) is 6.42 Å². The van der Waals surface area contributed by atoms with Crippen molar-refractivity contribution in [2.45, 2.75) is 35.6 Å². The van der Waals surface area contributed by atoms with Gasteiger partial charge in [-0.15, -0.1) is 0 Å². The van der Waals surface area contributed by atoms with Crippen LogP contribution in [0.5, 0.6) is 5.75 Å². The predicted molar refractivity (Wildman–Crippen MR) is 77.0 cm³/mol. The molecule has 0 amide bonds. The SMILES string of the molecule is CCc1nsc(Sc2cccc(OC)c2C(C)O)n1. The maximum absolute atomic E-state index is 9.92. The van der Waals surface area contributed by atoms with Crippen molar-refractivity contribution in [3.8, 4) is 5.75 Å². The number of aliphatic hydroxyl groups is 1. The summed E-state index contributed by atoms with van der Waals surface area (Å²) in [6, 6.07) is 5.72. The highest BCUT2D eigenvalue weighted by Gasteiger charge is 2.16. The molecule has 0 bridgehead atoms. The van der Waals surface area contributed by atoms with Gasteiger partial charge in [-0.1, -0.05) is 24.8 Å². The third kappa shape index (κ3) is 3.26. The van der Waals surface area contributed by atoms with E-state index in [0.29, 0.717) is 5.75 Å². The summed E-state index contributed by atoms with van der Waals surface area (Å²) in [6.45, 7) is 3.77. The molecule has 1 aromatic carbocycles. The summed E-state index contributed by atoms with van der Waals surface area (Å²) in [5.41, 5.74) is 0.795. The molecule has 1 N–H and O–H groups in total. The zero-order valence-electron chi connectivity index (χ0n) is 11.1. The first-order valence-electron chi connectivity index (χ1n) is 6.01. The van der Waals surface area contributed by atoms with E-state index in [-0.39, 0.29) is 0 Å². The molecule has 1 aromatic heterocycles. The first-order valence-corrected chi connectivity index (χ1v) is 7.60. The van der Waals surface area contributed by atoms with Crippen molar-refractivity contribution in [3.05, 3.63) is 29.6 Å². The summed E-state index contributed by atoms with van der Waals surface area (Å²) in [4.78, 5) is 5.38. The lowest BCUT2D eigenvalue weighted by atomic mass is 10.1. The number of nitrogens with zero attached hydrogens (tertiary/aromatic N) is 2. The first-order chi connectivity index (χ1) is 9.15. The Bertz CT molecular complexity index is 555. The maximum Gasteiger partial charge on any atom is 0.174 e. The van der Waals surface area contributed by atoms with Gasteiger partial charge in [-0.05, 0) is 30.6 Å². The van der Waals surface area contributed by atoms with E-state index in [1.165, 1.54) is 23.3 Å². The Balaban J connectivity index is 2.33. The molecular formula is C13H16N2O2S2. The number of rotatable bonds is 5. The zero-order chi connectivity index (χ0) is 13.8. The Morgan fingerprint density at radius 2 is 2.26 bits per heavy atom. The van der Waals surface area contributed by atoms with Crippen LogP contribution >= 0.6 is 23.3 Å². The minimum atomic E-state index is -0.586. The average molecular weight is 296 g/mol. The molecule has 1 atom stereocenters. The number of hydrogen-bond acceptors (Lipinski definition) is 6. The van der Waals surface area contributed by atoms with Crippen molar-refractivity contribution < 1.29 is 9.84 Å². The van der Waals surface area contributed by atoms with Gasteiger partial charge in [-0.25, -0.2) is 4.98 Å². The molecule has 2 rings (SSSR count). The van der Waals surface area contributed by atoms with Gasteiger partial charge in [0.05, 0.1) is 13.2 Å². The highest BCUT2D eigenvalue weighted by Crippen LogP contribution is 2.38. The molecule has 0 aliphatic rings. The zero-order valence-corrected chi connectivity index (χ0v) is 12.7. The van der Waals surface area contributed by atoms with Crippen LogP contribution in [0.4, 0.5) is 0 Å². The van der Waals surface area contributed by atoms with Crippen LogP contribution in [0.3, 0.4) is 0 Å². The minimum Gasteiger partial charge on any atom is -0.496 e. The van der Waals surface area contributed by atoms with Gasteiger partial charge in [0.15, 0.2) is 4.34 Å². The van der Waals surface area contributed by atoms with Gasteiger partial charge in [0.25, 0.3) is 0 Å². The standard InChI is InChI=1S/C13H16N2O2S2/c1-4-11-14-13(19-15-11)18-10-7-5-6-9(17-3)12(10)8(2)16/h5-8,16H,4H2,1-3H3. The summed E-state index contributed by atoms with van der Waals surface area (Å²) >= 11 is 2.90. The molecule has 102 valence electrons. The van der Waals surface area contributed by atoms with Crippen molar-refractivity contribution in [1.29, 1.82) is 0 Å². The first kappa shape index (κ1) is 14.3. The summed E-state index contributed by atoms with van der Waals surface area (Å²) in [5, 5.41) is 9.92. The fourth-order valence-electron chi connectivity index (χ4n) is 1.72. The van der Waals surface area contributed by atoms with E-state index in [2.05, 4.69) is 9.36 Å². The van der Waals surface area contributed by atoms with Gasteiger partial charge in [0.2, 0.25) is 0 Å². The molecule has 0 spiro atoms. The normalized spacial score (nSPS) is 12.4. The van der Waals surface area contributed by atoms with Crippen LogP contribution in [-0.4, -0.2) is 21.6 Å². The molecule has 0 aliphatic carbocycles. The second-order valence-corrected chi connectivity index (χ2v) is 6.02. The van der Waals surface area contributed by atoms with Crippen LogP contribution in [0.15, 0.2) is 27.4 Å². The monoisotopic (exact) mass is 296 g/mol. The summed E-state index contributed by atoms with van der Waals surface area (Å²) in [5.74, 6) is 1.55. The predicted octanol–water partition coefficient (Wildman–Crippen LogP) is 3.31. The summed E-state index contributed by atoms with van der Waals surface area (Å²) in [7, 11) is 1.61. The summed E-state index contributed by atoms with van der Waals surface area (Å²) < 4.78 is 10.5. The molecule has 2 aromatic rings. The van der Waals surface area contributed by atoms with Gasteiger partial charge < -0.3 is 9.84 Å². The van der Waals surface area contributed by atoms with Crippen LogP contribution in [0, 0.1) is 0 Å². The molecule has 0 radical (unpaired) electrons. The van der Waals surface area contributed by atoms with E-state index in [4.69, 9.17) is 4.74 Å². The second kappa shape index (κ2) is 6.36. The van der Waals surface area contributed by atoms with E-state index >= 15 is 0 Å². The molecule has 0 fully saturated rings. The van der Waals surface area contributed by atoms with E-state index in [1.54, 1.807) is 14.0 Å². The van der Waals surface area contributed by atoms with Crippen molar-refractivity contribution in [2.75, 3.05) is 7.11 Å². The Hall–Kier alpha value is -1.11. The molecule has 1 unspecified atom stereocenters. The van der Waals surface area contributed by atoms with Gasteiger partial charge in [0.1, 0.15) is 11.6 Å². The highest BCUT2D eigenvalue weighted by molar-refractivity contribution is 8.01. The number of hydrogen-bond donors (Lipinski definition) is 1. The molecule has 0 aliphatic heterocycles. The van der Waals surface area contributed by atoms with E-state index in [1.807, 2.05) is 25.1 Å². The lowest BCUT2D eigenvalue weighted by Crippen LogP contribution is -1.98. The van der Waals surface area contributed by atoms with Crippen LogP contribution in [0.25, 0.3) is 0 Å². The van der Waals surface area contributed by atoms with Crippen LogP contribution < -0.4 is 4.74 Å². The third-order valence-electron chi connectivity index (χ3n) is 2.63. The van der Waals surface area contributed by atoms with E-state index in [9.17, 15) is 5.11 Å². The van der Waals surface area contributed by atoms with E-state index in [0.717, 1.165) is 27.0 Å². The number of methoxy groups -OCH3 is 1. The quantitative estimate of drug-likeness (QED) is 0.917. The van der Waals surface area contributed by atoms with Gasteiger partial charge in [-0.2, -0.15) is 4.37 Å². The third-order valence-corrected chi connectivity index (χ3v) is 4.49. The largest absolute Gasteiger partial charge is 0.496 e. The molecule has 6 heteroatoms. The molecule has 4 nitrogen and oxygen atoms in total. The number of aryl methyl sites for hydroxylation is 1. The number of aromatic nitrogens is 2. The van der Waals surface area contributed by atoms with Crippen LogP contribution in [0.2, 0.25) is 0 Å². The lowest BCUT2D eigenvalue weighted by Gasteiger charge is -2.14. The molecule has 19 heavy (non-hydrogen) atoms. The van der Waals surface area contributed by atoms with Gasteiger partial charge in [0, 0.05) is 16.9 Å². The number of ether oxygens (including phenoxy) is 1. The fourth-order valence-corrected chi connectivity index (χ4v) is 3.62. The van der Waals surface area contributed by atoms with Crippen molar-refractivity contribution in [2.24, 2.45) is 0 Å². The van der Waals surface area contributed by atoms with Crippen LogP contribution in [0.1, 0.15) is 31.3 Å². The summed E-state index contributed by atoms with van der Waals surface area (Å²) in [6.07, 6.45) is 0.246. The Labute approximate surface area is 121 Å². The average Bonchev–Trinajstić information content (AvgIpc) is 2.85. The van der Waals surface area contributed by atoms with Gasteiger partial charge >= 0.3 is 0 Å². The maximum atomic E-state index is 9.92. The Morgan fingerprint density at radius 1 is 1.47 bits per heavy atom. The van der Waals surface area contributed by atoms with E-state index < -0.39 is 6.10 Å². The fraction of sp³-hybridized carbons (Fsp3) is 0.385. The van der Waals surface area contributed by atoms with Crippen molar-refractivity contribution in [3.63, 3.8) is 0 Å². The molecule has 1 heterocycles.